The van der Waals surface area contributed by atoms with Gasteiger partial charge in [0.05, 0.1) is 0 Å². The Balaban J connectivity index is 1.77. The van der Waals surface area contributed by atoms with Gasteiger partial charge in [-0.05, 0) is 42.3 Å². The number of para-hydroxylation sites is 1. The van der Waals surface area contributed by atoms with E-state index in [1.807, 2.05) is 36.4 Å². The molecular formula is C20H24N2O3S. The molecule has 2 aromatic carbocycles. The third kappa shape index (κ3) is 6.80. The SMILES string of the molecule is CC(=O)Nc1ccccc1CNC(=O)CCC(C)Sc1ccc(O)cc1. The monoisotopic (exact) mass is 372 g/mol. The average molecular weight is 372 g/mol. The number of phenols is 1. The second-order valence-corrected chi connectivity index (χ2v) is 7.59. The van der Waals surface area contributed by atoms with E-state index in [-0.39, 0.29) is 22.8 Å². The third-order valence-electron chi connectivity index (χ3n) is 3.76. The van der Waals surface area contributed by atoms with Gasteiger partial charge in [-0.2, -0.15) is 0 Å². The molecule has 0 spiro atoms. The quantitative estimate of drug-likeness (QED) is 0.614. The van der Waals surface area contributed by atoms with Gasteiger partial charge >= 0.3 is 0 Å². The van der Waals surface area contributed by atoms with Crippen LogP contribution < -0.4 is 10.6 Å². The molecule has 138 valence electrons. The van der Waals surface area contributed by atoms with Crippen molar-refractivity contribution in [3.05, 3.63) is 54.1 Å². The molecule has 0 radical (unpaired) electrons. The standard InChI is InChI=1S/C20H24N2O3S/c1-14(26-18-10-8-17(24)9-11-18)7-12-20(25)21-13-16-5-3-4-6-19(16)22-15(2)23/h3-6,8-11,14,24H,7,12-13H2,1-2H3,(H,21,25)(H,22,23). The van der Waals surface area contributed by atoms with Gasteiger partial charge in [0.15, 0.2) is 0 Å². The van der Waals surface area contributed by atoms with Crippen LogP contribution in [0.15, 0.2) is 53.4 Å². The van der Waals surface area contributed by atoms with E-state index in [1.54, 1.807) is 23.9 Å². The normalized spacial score (nSPS) is 11.6. The second-order valence-electron chi connectivity index (χ2n) is 6.08. The van der Waals surface area contributed by atoms with Gasteiger partial charge in [0, 0.05) is 35.7 Å². The largest absolute Gasteiger partial charge is 0.508 e. The van der Waals surface area contributed by atoms with Crippen LogP contribution in [0.4, 0.5) is 5.69 Å². The smallest absolute Gasteiger partial charge is 0.221 e. The highest BCUT2D eigenvalue weighted by molar-refractivity contribution is 7.99. The van der Waals surface area contributed by atoms with E-state index in [9.17, 15) is 14.7 Å². The number of nitrogens with one attached hydrogen (secondary N) is 2. The van der Waals surface area contributed by atoms with Crippen LogP contribution in [0.5, 0.6) is 5.75 Å². The maximum atomic E-state index is 12.1. The summed E-state index contributed by atoms with van der Waals surface area (Å²) < 4.78 is 0. The van der Waals surface area contributed by atoms with Crippen LogP contribution in [0.3, 0.4) is 0 Å². The first-order valence-electron chi connectivity index (χ1n) is 8.52. The van der Waals surface area contributed by atoms with E-state index in [4.69, 9.17) is 0 Å². The number of phenolic OH excluding ortho intramolecular Hbond substituents is 1. The third-order valence-corrected chi connectivity index (χ3v) is 4.94. The number of rotatable bonds is 8. The van der Waals surface area contributed by atoms with Crippen molar-refractivity contribution in [1.29, 1.82) is 0 Å². The molecule has 0 heterocycles. The Morgan fingerprint density at radius 2 is 1.81 bits per heavy atom. The molecule has 5 nitrogen and oxygen atoms in total. The Morgan fingerprint density at radius 1 is 1.12 bits per heavy atom. The fraction of sp³-hybridized carbons (Fsp3) is 0.300. The van der Waals surface area contributed by atoms with E-state index in [0.717, 1.165) is 22.6 Å². The van der Waals surface area contributed by atoms with Gasteiger partial charge in [0.2, 0.25) is 11.8 Å². The molecule has 0 aliphatic carbocycles. The number of amides is 2. The van der Waals surface area contributed by atoms with Crippen LogP contribution in [0, 0.1) is 0 Å². The molecule has 0 aliphatic rings. The summed E-state index contributed by atoms with van der Waals surface area (Å²) in [5.41, 5.74) is 1.60. The van der Waals surface area contributed by atoms with Gasteiger partial charge in [-0.3, -0.25) is 9.59 Å². The van der Waals surface area contributed by atoms with Crippen LogP contribution in [0.1, 0.15) is 32.3 Å². The summed E-state index contributed by atoms with van der Waals surface area (Å²) in [6.45, 7) is 3.92. The minimum atomic E-state index is -0.135. The number of carbonyl (C=O) groups is 2. The van der Waals surface area contributed by atoms with E-state index in [1.165, 1.54) is 6.92 Å². The summed E-state index contributed by atoms with van der Waals surface area (Å²) in [5.74, 6) is 0.102. The first-order valence-corrected chi connectivity index (χ1v) is 9.40. The number of thioether (sulfide) groups is 1. The number of anilines is 1. The summed E-state index contributed by atoms with van der Waals surface area (Å²) in [6.07, 6.45) is 1.19. The van der Waals surface area contributed by atoms with Crippen LogP contribution >= 0.6 is 11.8 Å². The molecular weight excluding hydrogens is 348 g/mol. The summed E-state index contributed by atoms with van der Waals surface area (Å²) in [6, 6.07) is 14.5. The minimum absolute atomic E-state index is 0.0132. The van der Waals surface area contributed by atoms with E-state index in [0.29, 0.717) is 13.0 Å². The van der Waals surface area contributed by atoms with Gasteiger partial charge in [0.1, 0.15) is 5.75 Å². The molecule has 3 N–H and O–H groups in total. The topological polar surface area (TPSA) is 78.4 Å². The molecule has 2 amide bonds. The van der Waals surface area contributed by atoms with Crippen molar-refractivity contribution in [3.8, 4) is 5.75 Å². The highest BCUT2D eigenvalue weighted by atomic mass is 32.2. The van der Waals surface area contributed by atoms with Crippen molar-refractivity contribution in [2.75, 3.05) is 5.32 Å². The van der Waals surface area contributed by atoms with Gasteiger partial charge in [-0.25, -0.2) is 0 Å². The van der Waals surface area contributed by atoms with Crippen molar-refractivity contribution in [2.24, 2.45) is 0 Å². The van der Waals surface area contributed by atoms with Crippen molar-refractivity contribution in [3.63, 3.8) is 0 Å². The number of aromatic hydroxyl groups is 1. The molecule has 0 bridgehead atoms. The minimum Gasteiger partial charge on any atom is -0.508 e. The highest BCUT2D eigenvalue weighted by Crippen LogP contribution is 2.27. The lowest BCUT2D eigenvalue weighted by Gasteiger charge is -2.13. The Labute approximate surface area is 158 Å². The summed E-state index contributed by atoms with van der Waals surface area (Å²) >= 11 is 1.68. The zero-order valence-electron chi connectivity index (χ0n) is 15.0. The first-order chi connectivity index (χ1) is 12.4. The van der Waals surface area contributed by atoms with Gasteiger partial charge in [-0.15, -0.1) is 11.8 Å². The fourth-order valence-corrected chi connectivity index (χ4v) is 3.41. The molecule has 1 atom stereocenters. The van der Waals surface area contributed by atoms with Crippen LogP contribution in [-0.2, 0) is 16.1 Å². The molecule has 0 fully saturated rings. The lowest BCUT2D eigenvalue weighted by atomic mass is 10.1. The maximum absolute atomic E-state index is 12.1. The number of hydrogen-bond acceptors (Lipinski definition) is 4. The molecule has 1 unspecified atom stereocenters. The van der Waals surface area contributed by atoms with E-state index >= 15 is 0 Å². The van der Waals surface area contributed by atoms with Crippen LogP contribution in [-0.4, -0.2) is 22.2 Å². The number of benzene rings is 2. The van der Waals surface area contributed by atoms with Gasteiger partial charge < -0.3 is 15.7 Å². The zero-order chi connectivity index (χ0) is 18.9. The van der Waals surface area contributed by atoms with Crippen molar-refractivity contribution < 1.29 is 14.7 Å². The maximum Gasteiger partial charge on any atom is 0.221 e. The molecule has 2 aromatic rings. The predicted octanol–water partition coefficient (Wildman–Crippen LogP) is 3.93. The van der Waals surface area contributed by atoms with Crippen molar-refractivity contribution in [2.45, 2.75) is 43.4 Å². The predicted molar refractivity (Wildman–Crippen MR) is 105 cm³/mol. The van der Waals surface area contributed by atoms with Crippen molar-refractivity contribution in [1.82, 2.24) is 5.32 Å². The van der Waals surface area contributed by atoms with Crippen molar-refractivity contribution >= 4 is 29.3 Å². The molecule has 0 saturated carbocycles. The molecule has 0 saturated heterocycles. The molecule has 26 heavy (non-hydrogen) atoms. The lowest BCUT2D eigenvalue weighted by molar-refractivity contribution is -0.121. The molecule has 2 rings (SSSR count). The lowest BCUT2D eigenvalue weighted by Crippen LogP contribution is -2.24. The Morgan fingerprint density at radius 3 is 2.50 bits per heavy atom. The zero-order valence-corrected chi connectivity index (χ0v) is 15.8. The first kappa shape index (κ1) is 19.8. The van der Waals surface area contributed by atoms with Crippen LogP contribution in [0.25, 0.3) is 0 Å². The van der Waals surface area contributed by atoms with Crippen LogP contribution in [0.2, 0.25) is 0 Å². The average Bonchev–Trinajstić information content (AvgIpc) is 2.61. The Hall–Kier alpha value is -2.47. The van der Waals surface area contributed by atoms with E-state index < -0.39 is 0 Å². The summed E-state index contributed by atoms with van der Waals surface area (Å²) in [5, 5.41) is 15.3. The summed E-state index contributed by atoms with van der Waals surface area (Å²) in [4.78, 5) is 24.4. The highest BCUT2D eigenvalue weighted by Gasteiger charge is 2.10. The second kappa shape index (κ2) is 9.87. The van der Waals surface area contributed by atoms with E-state index in [2.05, 4.69) is 17.6 Å². The molecule has 6 heteroatoms. The van der Waals surface area contributed by atoms with Gasteiger partial charge in [-0.1, -0.05) is 25.1 Å². The Kier molecular flexibility index (Phi) is 7.53. The van der Waals surface area contributed by atoms with Gasteiger partial charge in [0.25, 0.3) is 0 Å². The molecule has 0 aromatic heterocycles. The summed E-state index contributed by atoms with van der Waals surface area (Å²) in [7, 11) is 0. The fourth-order valence-electron chi connectivity index (χ4n) is 2.42. The number of carbonyl (C=O) groups excluding carboxylic acids is 2. The number of hydrogen-bond donors (Lipinski definition) is 3. The molecule has 0 aliphatic heterocycles. The Bertz CT molecular complexity index is 747.